The maximum absolute atomic E-state index is 12.9. The summed E-state index contributed by atoms with van der Waals surface area (Å²) in [4.78, 5) is 36.4. The smallest absolute Gasteiger partial charge is 0.328 e. The van der Waals surface area contributed by atoms with Crippen molar-refractivity contribution in [3.05, 3.63) is 51.1 Å². The number of carbonyl (C=O) groups is 2. The highest BCUT2D eigenvalue weighted by atomic mass is 16.6. The molecule has 3 rings (SSSR count). The quantitative estimate of drug-likeness (QED) is 0.640. The Morgan fingerprint density at radius 2 is 2.12 bits per heavy atom. The highest BCUT2D eigenvalue weighted by molar-refractivity contribution is 5.97. The van der Waals surface area contributed by atoms with E-state index in [4.69, 9.17) is 0 Å². The van der Waals surface area contributed by atoms with Crippen LogP contribution in [0.25, 0.3) is 0 Å². The van der Waals surface area contributed by atoms with Crippen LogP contribution in [-0.4, -0.2) is 47.6 Å². The highest BCUT2D eigenvalue weighted by Crippen LogP contribution is 2.25. The van der Waals surface area contributed by atoms with Gasteiger partial charge in [-0.15, -0.1) is 10.2 Å². The van der Waals surface area contributed by atoms with Crippen molar-refractivity contribution < 1.29 is 19.6 Å². The zero-order chi connectivity index (χ0) is 19.0. The van der Waals surface area contributed by atoms with Crippen molar-refractivity contribution in [2.45, 2.75) is 39.4 Å². The standard InChI is InChI=1S/C16H17N5O5/c1-3-10-4-5-11(6-12(10)21(25)26)15(22)20-8-14-18-17-9(2)19(14)7-13(20)16(23)24/h4-6,13H,3,7-8H2,1-2H3,(H,23,24). The van der Waals surface area contributed by atoms with Crippen LogP contribution in [0.2, 0.25) is 0 Å². The first-order valence-corrected chi connectivity index (χ1v) is 8.03. The molecule has 0 bridgehead atoms. The van der Waals surface area contributed by atoms with Crippen molar-refractivity contribution in [3.63, 3.8) is 0 Å². The number of amides is 1. The van der Waals surface area contributed by atoms with E-state index in [0.717, 1.165) is 4.90 Å². The lowest BCUT2D eigenvalue weighted by molar-refractivity contribution is -0.385. The van der Waals surface area contributed by atoms with Crippen LogP contribution in [0.15, 0.2) is 18.2 Å². The normalized spacial score (nSPS) is 16.2. The van der Waals surface area contributed by atoms with Crippen molar-refractivity contribution in [3.8, 4) is 0 Å². The molecular weight excluding hydrogens is 342 g/mol. The van der Waals surface area contributed by atoms with Crippen LogP contribution in [-0.2, 0) is 24.3 Å². The molecule has 1 unspecified atom stereocenters. The molecular formula is C16H17N5O5. The maximum Gasteiger partial charge on any atom is 0.328 e. The number of nitrogens with zero attached hydrogens (tertiary/aromatic N) is 5. The van der Waals surface area contributed by atoms with E-state index in [9.17, 15) is 24.8 Å². The molecule has 10 heteroatoms. The predicted octanol–water partition coefficient (Wildman–Crippen LogP) is 1.17. The molecule has 2 aromatic rings. The Kier molecular flexibility index (Phi) is 4.41. The molecule has 0 saturated heterocycles. The van der Waals surface area contributed by atoms with Crippen molar-refractivity contribution >= 4 is 17.6 Å². The fraction of sp³-hybridized carbons (Fsp3) is 0.375. The summed E-state index contributed by atoms with van der Waals surface area (Å²) >= 11 is 0. The summed E-state index contributed by atoms with van der Waals surface area (Å²) < 4.78 is 1.66. The summed E-state index contributed by atoms with van der Waals surface area (Å²) in [5.74, 6) is -0.693. The lowest BCUT2D eigenvalue weighted by atomic mass is 10.0. The molecule has 0 spiro atoms. The third-order valence-electron chi connectivity index (χ3n) is 4.51. The Morgan fingerprint density at radius 3 is 2.73 bits per heavy atom. The van der Waals surface area contributed by atoms with E-state index in [-0.39, 0.29) is 24.3 Å². The SMILES string of the molecule is CCc1ccc(C(=O)N2Cc3nnc(C)n3CC2C(=O)O)cc1[N+](=O)[O-]. The van der Waals surface area contributed by atoms with Gasteiger partial charge in [0.15, 0.2) is 5.82 Å². The van der Waals surface area contributed by atoms with Gasteiger partial charge in [0.2, 0.25) is 0 Å². The maximum atomic E-state index is 12.9. The zero-order valence-corrected chi connectivity index (χ0v) is 14.2. The number of aliphatic carboxylic acids is 1. The molecule has 1 N–H and O–H groups in total. The molecule has 1 atom stereocenters. The summed E-state index contributed by atoms with van der Waals surface area (Å²) in [6, 6.07) is 3.11. The van der Waals surface area contributed by atoms with Gasteiger partial charge < -0.3 is 14.6 Å². The molecule has 0 fully saturated rings. The van der Waals surface area contributed by atoms with E-state index >= 15 is 0 Å². The van der Waals surface area contributed by atoms with Gasteiger partial charge in [-0.3, -0.25) is 14.9 Å². The van der Waals surface area contributed by atoms with Gasteiger partial charge in [0, 0.05) is 17.2 Å². The molecule has 136 valence electrons. The van der Waals surface area contributed by atoms with Gasteiger partial charge in [0.05, 0.1) is 18.0 Å². The number of fused-ring (bicyclic) bond motifs is 1. The van der Waals surface area contributed by atoms with Crippen LogP contribution in [0.4, 0.5) is 5.69 Å². The van der Waals surface area contributed by atoms with Gasteiger partial charge in [-0.25, -0.2) is 4.79 Å². The van der Waals surface area contributed by atoms with Crippen LogP contribution < -0.4 is 0 Å². The number of carboxylic acid groups (broad SMARTS) is 1. The number of nitro groups is 1. The van der Waals surface area contributed by atoms with Crippen molar-refractivity contribution in [1.29, 1.82) is 0 Å². The molecule has 2 heterocycles. The number of benzene rings is 1. The van der Waals surface area contributed by atoms with E-state index in [1.807, 2.05) is 0 Å². The van der Waals surface area contributed by atoms with Crippen LogP contribution in [0.5, 0.6) is 0 Å². The number of hydrogen-bond acceptors (Lipinski definition) is 6. The van der Waals surface area contributed by atoms with Crippen molar-refractivity contribution in [1.82, 2.24) is 19.7 Å². The van der Waals surface area contributed by atoms with E-state index in [0.29, 0.717) is 23.6 Å². The molecule has 0 radical (unpaired) electrons. The minimum absolute atomic E-state index is 0.0278. The van der Waals surface area contributed by atoms with E-state index in [1.165, 1.54) is 18.2 Å². The summed E-state index contributed by atoms with van der Waals surface area (Å²) in [6.45, 7) is 3.49. The number of carbonyl (C=O) groups excluding carboxylic acids is 1. The predicted molar refractivity (Wildman–Crippen MR) is 88.5 cm³/mol. The summed E-state index contributed by atoms with van der Waals surface area (Å²) in [7, 11) is 0. The number of aromatic nitrogens is 3. The summed E-state index contributed by atoms with van der Waals surface area (Å²) in [6.07, 6.45) is 0.453. The first kappa shape index (κ1) is 17.5. The molecule has 1 amide bonds. The number of rotatable bonds is 4. The Morgan fingerprint density at radius 1 is 1.38 bits per heavy atom. The van der Waals surface area contributed by atoms with E-state index < -0.39 is 22.8 Å². The fourth-order valence-electron chi connectivity index (χ4n) is 3.07. The number of hydrogen-bond donors (Lipinski definition) is 1. The second kappa shape index (κ2) is 6.54. The average Bonchev–Trinajstić information content (AvgIpc) is 2.99. The third-order valence-corrected chi connectivity index (χ3v) is 4.51. The average molecular weight is 359 g/mol. The van der Waals surface area contributed by atoms with E-state index in [2.05, 4.69) is 10.2 Å². The molecule has 1 aliphatic rings. The van der Waals surface area contributed by atoms with Gasteiger partial charge in [-0.05, 0) is 19.4 Å². The largest absolute Gasteiger partial charge is 0.480 e. The van der Waals surface area contributed by atoms with Gasteiger partial charge >= 0.3 is 5.97 Å². The fourth-order valence-corrected chi connectivity index (χ4v) is 3.07. The minimum atomic E-state index is -1.16. The van der Waals surface area contributed by atoms with Gasteiger partial charge in [0.25, 0.3) is 11.6 Å². The molecule has 1 aliphatic heterocycles. The number of aryl methyl sites for hydroxylation is 2. The van der Waals surface area contributed by atoms with Gasteiger partial charge in [0.1, 0.15) is 11.9 Å². The number of carboxylic acids is 1. The Labute approximate surface area is 148 Å². The molecule has 1 aromatic heterocycles. The Balaban J connectivity index is 1.99. The molecule has 0 saturated carbocycles. The lowest BCUT2D eigenvalue weighted by Crippen LogP contribution is -2.50. The second-order valence-corrected chi connectivity index (χ2v) is 6.02. The van der Waals surface area contributed by atoms with E-state index in [1.54, 1.807) is 18.4 Å². The molecule has 26 heavy (non-hydrogen) atoms. The Hall–Kier alpha value is -3.30. The second-order valence-electron chi connectivity index (χ2n) is 6.02. The van der Waals surface area contributed by atoms with Crippen molar-refractivity contribution in [2.75, 3.05) is 0 Å². The molecule has 10 nitrogen and oxygen atoms in total. The monoisotopic (exact) mass is 359 g/mol. The Bertz CT molecular complexity index is 906. The first-order valence-electron chi connectivity index (χ1n) is 8.03. The molecule has 0 aliphatic carbocycles. The number of nitro benzene ring substituents is 1. The van der Waals surface area contributed by atoms with Crippen LogP contribution in [0, 0.1) is 17.0 Å². The van der Waals surface area contributed by atoms with Crippen LogP contribution in [0.1, 0.15) is 34.5 Å². The van der Waals surface area contributed by atoms with Gasteiger partial charge in [-0.2, -0.15) is 0 Å². The first-order chi connectivity index (χ1) is 12.3. The molecule has 1 aromatic carbocycles. The lowest BCUT2D eigenvalue weighted by Gasteiger charge is -2.33. The van der Waals surface area contributed by atoms with Crippen LogP contribution in [0.3, 0.4) is 0 Å². The third kappa shape index (κ3) is 2.89. The van der Waals surface area contributed by atoms with Crippen molar-refractivity contribution in [2.24, 2.45) is 0 Å². The summed E-state index contributed by atoms with van der Waals surface area (Å²) in [5.41, 5.74) is 0.432. The zero-order valence-electron chi connectivity index (χ0n) is 14.2. The van der Waals surface area contributed by atoms with Gasteiger partial charge in [-0.1, -0.05) is 13.0 Å². The summed E-state index contributed by atoms with van der Waals surface area (Å²) in [5, 5.41) is 28.6. The highest BCUT2D eigenvalue weighted by Gasteiger charge is 2.37. The topological polar surface area (TPSA) is 131 Å². The van der Waals surface area contributed by atoms with Crippen LogP contribution >= 0.6 is 0 Å². The minimum Gasteiger partial charge on any atom is -0.480 e.